The Bertz CT molecular complexity index is 718. The van der Waals surface area contributed by atoms with Gasteiger partial charge in [-0.05, 0) is 63.6 Å². The number of anilines is 1. The van der Waals surface area contributed by atoms with Crippen LogP contribution in [-0.2, 0) is 9.53 Å². The molecule has 0 atom stereocenters. The van der Waals surface area contributed by atoms with E-state index in [1.807, 2.05) is 13.8 Å². The van der Waals surface area contributed by atoms with Crippen LogP contribution in [0.25, 0.3) is 0 Å². The first kappa shape index (κ1) is 21.6. The van der Waals surface area contributed by atoms with E-state index in [9.17, 15) is 14.7 Å². The molecule has 1 aliphatic carbocycles. The number of aromatic carboxylic acids is 1. The van der Waals surface area contributed by atoms with E-state index in [4.69, 9.17) is 9.47 Å². The highest BCUT2D eigenvalue weighted by molar-refractivity contribution is 6.03. The van der Waals surface area contributed by atoms with Gasteiger partial charge in [-0.15, -0.1) is 0 Å². The van der Waals surface area contributed by atoms with Crippen molar-refractivity contribution in [2.45, 2.75) is 71.4 Å². The van der Waals surface area contributed by atoms with Crippen LogP contribution in [0.4, 0.5) is 5.69 Å². The third-order valence-corrected chi connectivity index (χ3v) is 6.05. The van der Waals surface area contributed by atoms with E-state index in [-0.39, 0.29) is 29.5 Å². The van der Waals surface area contributed by atoms with Crippen molar-refractivity contribution in [2.75, 3.05) is 18.1 Å². The first-order chi connectivity index (χ1) is 13.9. The zero-order valence-corrected chi connectivity index (χ0v) is 17.7. The van der Waals surface area contributed by atoms with Gasteiger partial charge in [0.1, 0.15) is 11.9 Å². The van der Waals surface area contributed by atoms with Crippen molar-refractivity contribution in [2.24, 2.45) is 11.8 Å². The number of ether oxygens (including phenoxy) is 2. The Kier molecular flexibility index (Phi) is 7.17. The number of rotatable bonds is 6. The molecule has 0 bridgehead atoms. The summed E-state index contributed by atoms with van der Waals surface area (Å²) >= 11 is 0. The Labute approximate surface area is 173 Å². The molecule has 0 aromatic heterocycles. The Morgan fingerprint density at radius 1 is 1.10 bits per heavy atom. The number of hydrogen-bond acceptors (Lipinski definition) is 4. The van der Waals surface area contributed by atoms with Crippen LogP contribution in [0.5, 0.6) is 5.75 Å². The predicted molar refractivity (Wildman–Crippen MR) is 112 cm³/mol. The van der Waals surface area contributed by atoms with E-state index < -0.39 is 5.97 Å². The van der Waals surface area contributed by atoms with Crippen molar-refractivity contribution in [3.05, 3.63) is 23.8 Å². The summed E-state index contributed by atoms with van der Waals surface area (Å²) in [5.41, 5.74) is 0.566. The van der Waals surface area contributed by atoms with Gasteiger partial charge in [-0.1, -0.05) is 6.92 Å². The largest absolute Gasteiger partial charge is 0.490 e. The van der Waals surface area contributed by atoms with Crippen molar-refractivity contribution in [3.8, 4) is 5.75 Å². The van der Waals surface area contributed by atoms with Gasteiger partial charge in [0.2, 0.25) is 5.91 Å². The lowest BCUT2D eigenvalue weighted by Crippen LogP contribution is -2.43. The first-order valence-electron chi connectivity index (χ1n) is 10.8. The molecule has 1 saturated heterocycles. The molecule has 0 unspecified atom stereocenters. The van der Waals surface area contributed by atoms with Crippen LogP contribution in [0, 0.1) is 11.8 Å². The summed E-state index contributed by atoms with van der Waals surface area (Å²) in [4.78, 5) is 27.0. The Hall–Kier alpha value is -2.08. The molecule has 0 radical (unpaired) electrons. The number of amides is 1. The summed E-state index contributed by atoms with van der Waals surface area (Å²) in [5.74, 6) is 0.137. The molecular formula is C23H33NO5. The molecule has 1 amide bonds. The van der Waals surface area contributed by atoms with E-state index >= 15 is 0 Å². The molecule has 1 aromatic rings. The standard InChI is InChI=1S/C23H33NO5/c1-15(2)24(22(25)17-6-4-16(3)5-7-17)21-9-8-19(14-20(21)23(26)27)29-18-10-12-28-13-11-18/h8-9,14-18H,4-7,10-13H2,1-3H3,(H,26,27)/t16-,17-. The normalized spacial score (nSPS) is 23.0. The van der Waals surface area contributed by atoms with Crippen molar-refractivity contribution in [1.29, 1.82) is 0 Å². The number of carboxylic acid groups (broad SMARTS) is 1. The van der Waals surface area contributed by atoms with Crippen molar-refractivity contribution < 1.29 is 24.2 Å². The summed E-state index contributed by atoms with van der Waals surface area (Å²) in [6.07, 6.45) is 5.45. The minimum Gasteiger partial charge on any atom is -0.490 e. The summed E-state index contributed by atoms with van der Waals surface area (Å²) in [5, 5.41) is 9.84. The molecule has 2 fully saturated rings. The molecule has 29 heavy (non-hydrogen) atoms. The quantitative estimate of drug-likeness (QED) is 0.756. The third kappa shape index (κ3) is 5.30. The lowest BCUT2D eigenvalue weighted by Gasteiger charge is -2.34. The third-order valence-electron chi connectivity index (χ3n) is 6.05. The fraction of sp³-hybridized carbons (Fsp3) is 0.652. The maximum atomic E-state index is 13.3. The average Bonchev–Trinajstić information content (AvgIpc) is 2.70. The summed E-state index contributed by atoms with van der Waals surface area (Å²) in [6.45, 7) is 7.40. The summed E-state index contributed by atoms with van der Waals surface area (Å²) in [7, 11) is 0. The van der Waals surface area contributed by atoms with Gasteiger partial charge in [0.25, 0.3) is 0 Å². The van der Waals surface area contributed by atoms with Gasteiger partial charge in [0.05, 0.1) is 24.5 Å². The lowest BCUT2D eigenvalue weighted by atomic mass is 9.82. The molecule has 1 saturated carbocycles. The van der Waals surface area contributed by atoms with E-state index in [0.29, 0.717) is 30.6 Å². The number of carbonyl (C=O) groups is 2. The molecule has 1 N–H and O–H groups in total. The molecule has 1 aliphatic heterocycles. The molecule has 0 spiro atoms. The van der Waals surface area contributed by atoms with Crippen molar-refractivity contribution in [3.63, 3.8) is 0 Å². The smallest absolute Gasteiger partial charge is 0.337 e. The highest BCUT2D eigenvalue weighted by Gasteiger charge is 2.32. The van der Waals surface area contributed by atoms with Crippen LogP contribution in [0.3, 0.4) is 0 Å². The van der Waals surface area contributed by atoms with Gasteiger partial charge in [0.15, 0.2) is 0 Å². The summed E-state index contributed by atoms with van der Waals surface area (Å²) < 4.78 is 11.3. The second kappa shape index (κ2) is 9.61. The second-order valence-corrected chi connectivity index (χ2v) is 8.67. The highest BCUT2D eigenvalue weighted by atomic mass is 16.5. The number of carboxylic acids is 1. The summed E-state index contributed by atoms with van der Waals surface area (Å²) in [6, 6.07) is 4.94. The van der Waals surface area contributed by atoms with E-state index in [1.54, 1.807) is 23.1 Å². The van der Waals surface area contributed by atoms with Gasteiger partial charge in [-0.2, -0.15) is 0 Å². The Morgan fingerprint density at radius 2 is 1.76 bits per heavy atom. The molecule has 160 valence electrons. The van der Waals surface area contributed by atoms with Gasteiger partial charge in [-0.25, -0.2) is 4.79 Å². The maximum Gasteiger partial charge on any atom is 0.337 e. The molecule has 3 rings (SSSR count). The van der Waals surface area contributed by atoms with Crippen LogP contribution in [-0.4, -0.2) is 42.3 Å². The fourth-order valence-electron chi connectivity index (χ4n) is 4.31. The topological polar surface area (TPSA) is 76.1 Å². The fourth-order valence-corrected chi connectivity index (χ4v) is 4.31. The minimum absolute atomic E-state index is 0.0308. The predicted octanol–water partition coefficient (Wildman–Crippen LogP) is 4.51. The van der Waals surface area contributed by atoms with Gasteiger partial charge in [0, 0.05) is 24.8 Å². The van der Waals surface area contributed by atoms with E-state index in [0.717, 1.165) is 38.5 Å². The highest BCUT2D eigenvalue weighted by Crippen LogP contribution is 2.34. The van der Waals surface area contributed by atoms with Gasteiger partial charge in [-0.3, -0.25) is 4.79 Å². The van der Waals surface area contributed by atoms with Crippen LogP contribution >= 0.6 is 0 Å². The molecule has 1 aromatic carbocycles. The molecular weight excluding hydrogens is 370 g/mol. The second-order valence-electron chi connectivity index (χ2n) is 8.67. The Balaban J connectivity index is 1.85. The van der Waals surface area contributed by atoms with E-state index in [2.05, 4.69) is 6.92 Å². The van der Waals surface area contributed by atoms with Crippen molar-refractivity contribution in [1.82, 2.24) is 0 Å². The van der Waals surface area contributed by atoms with Crippen LogP contribution < -0.4 is 9.64 Å². The minimum atomic E-state index is -1.05. The average molecular weight is 404 g/mol. The van der Waals surface area contributed by atoms with Crippen molar-refractivity contribution >= 4 is 17.6 Å². The van der Waals surface area contributed by atoms with Crippen LogP contribution in [0.1, 0.15) is 69.7 Å². The monoisotopic (exact) mass is 403 g/mol. The zero-order chi connectivity index (χ0) is 21.0. The van der Waals surface area contributed by atoms with Gasteiger partial charge < -0.3 is 19.5 Å². The zero-order valence-electron chi connectivity index (χ0n) is 17.7. The number of nitrogens with zero attached hydrogens (tertiary/aromatic N) is 1. The van der Waals surface area contributed by atoms with E-state index in [1.165, 1.54) is 0 Å². The number of hydrogen-bond donors (Lipinski definition) is 1. The Morgan fingerprint density at radius 3 is 2.34 bits per heavy atom. The maximum absolute atomic E-state index is 13.3. The van der Waals surface area contributed by atoms with Crippen LogP contribution in [0.2, 0.25) is 0 Å². The molecule has 6 heteroatoms. The molecule has 2 aliphatic rings. The lowest BCUT2D eigenvalue weighted by molar-refractivity contribution is -0.123. The number of benzene rings is 1. The first-order valence-corrected chi connectivity index (χ1v) is 10.8. The molecule has 1 heterocycles. The number of carbonyl (C=O) groups excluding carboxylic acids is 1. The SMILES string of the molecule is CC(C)N(c1ccc(OC2CCOCC2)cc1C(=O)O)C(=O)[C@H]1CC[C@H](C)CC1. The van der Waals surface area contributed by atoms with Gasteiger partial charge >= 0.3 is 5.97 Å². The molecule has 6 nitrogen and oxygen atoms in total. The van der Waals surface area contributed by atoms with Crippen LogP contribution in [0.15, 0.2) is 18.2 Å².